The van der Waals surface area contributed by atoms with E-state index in [2.05, 4.69) is 34.6 Å². The predicted octanol–water partition coefficient (Wildman–Crippen LogP) is 2.62. The Kier molecular flexibility index (Phi) is 6.97. The van der Waals surface area contributed by atoms with Crippen molar-refractivity contribution in [1.29, 1.82) is 0 Å². The van der Waals surface area contributed by atoms with Crippen LogP contribution in [0.4, 0.5) is 0 Å². The summed E-state index contributed by atoms with van der Waals surface area (Å²) in [6.45, 7) is 0. The van der Waals surface area contributed by atoms with E-state index in [4.69, 9.17) is 5.14 Å². The topological polar surface area (TPSA) is 90.9 Å². The molecule has 0 saturated carbocycles. The van der Waals surface area contributed by atoms with Gasteiger partial charge >= 0.3 is 19.5 Å². The maximum atomic E-state index is 11.2. The van der Waals surface area contributed by atoms with Gasteiger partial charge < -0.3 is 0 Å². The minimum absolute atomic E-state index is 0. The molecule has 0 aliphatic heterocycles. The van der Waals surface area contributed by atoms with Crippen molar-refractivity contribution >= 4 is 10.0 Å². The van der Waals surface area contributed by atoms with Crippen LogP contribution in [-0.2, 0) is 29.5 Å². The Morgan fingerprint density at radius 1 is 1.00 bits per heavy atom. The van der Waals surface area contributed by atoms with Crippen LogP contribution in [0, 0.1) is 0 Å². The van der Waals surface area contributed by atoms with Gasteiger partial charge in [0.1, 0.15) is 0 Å². The molecule has 0 spiro atoms. The van der Waals surface area contributed by atoms with Gasteiger partial charge in [-0.2, -0.15) is 0 Å². The van der Waals surface area contributed by atoms with Crippen LogP contribution in [0.3, 0.4) is 0 Å². The van der Waals surface area contributed by atoms with Crippen molar-refractivity contribution in [3.05, 3.63) is 84.8 Å². The molecular formula is C18H18N4O2RuS+2. The smallest absolute Gasteiger partial charge is 0.225 e. The molecule has 8 heteroatoms. The van der Waals surface area contributed by atoms with E-state index in [1.165, 1.54) is 12.1 Å². The van der Waals surface area contributed by atoms with Crippen molar-refractivity contribution in [1.82, 2.24) is 15.0 Å². The van der Waals surface area contributed by atoms with Gasteiger partial charge in [0.15, 0.2) is 0 Å². The second-order valence-corrected chi connectivity index (χ2v) is 7.06. The Morgan fingerprint density at radius 2 is 1.62 bits per heavy atom. The molecule has 1 aromatic carbocycles. The van der Waals surface area contributed by atoms with Crippen molar-refractivity contribution in [3.8, 4) is 5.69 Å². The summed E-state index contributed by atoms with van der Waals surface area (Å²) in [5.41, 5.74) is 1.65. The summed E-state index contributed by atoms with van der Waals surface area (Å²) in [6.07, 6.45) is 19.2. The number of rotatable bonds is 3. The van der Waals surface area contributed by atoms with Crippen molar-refractivity contribution in [2.24, 2.45) is 5.14 Å². The molecule has 2 aliphatic carbocycles. The van der Waals surface area contributed by atoms with Crippen molar-refractivity contribution in [2.75, 3.05) is 0 Å². The molecule has 2 aromatic rings. The van der Waals surface area contributed by atoms with Gasteiger partial charge in [-0.15, -0.1) is 5.10 Å². The summed E-state index contributed by atoms with van der Waals surface area (Å²) in [5.74, 6) is 0.128. The molecule has 26 heavy (non-hydrogen) atoms. The number of hydrogen-bond acceptors (Lipinski definition) is 4. The summed E-state index contributed by atoms with van der Waals surface area (Å²) in [5, 5.41) is 13.0. The Labute approximate surface area is 165 Å². The normalized spacial score (nSPS) is 15.0. The van der Waals surface area contributed by atoms with E-state index in [-0.39, 0.29) is 30.3 Å². The maximum Gasteiger partial charge on any atom is 2.00 e. The minimum Gasteiger partial charge on any atom is -0.225 e. The van der Waals surface area contributed by atoms with Crippen molar-refractivity contribution in [2.45, 2.75) is 17.2 Å². The molecule has 134 valence electrons. The van der Waals surface area contributed by atoms with Gasteiger partial charge in [-0.25, -0.2) is 18.2 Å². The molecule has 2 aliphatic rings. The first-order valence-electron chi connectivity index (χ1n) is 7.76. The van der Waals surface area contributed by atoms with Crippen LogP contribution in [-0.4, -0.2) is 23.4 Å². The quantitative estimate of drug-likeness (QED) is 0.721. The average molecular weight is 456 g/mol. The van der Waals surface area contributed by atoms with Crippen molar-refractivity contribution in [3.63, 3.8) is 0 Å². The fourth-order valence-corrected chi connectivity index (χ4v) is 2.99. The van der Waals surface area contributed by atoms with E-state index in [1.807, 2.05) is 24.3 Å². The van der Waals surface area contributed by atoms with E-state index >= 15 is 0 Å². The zero-order valence-electron chi connectivity index (χ0n) is 13.8. The molecule has 2 N–H and O–H groups in total. The minimum atomic E-state index is -3.68. The molecule has 0 atom stereocenters. The predicted molar refractivity (Wildman–Crippen MR) is 96.7 cm³/mol. The Morgan fingerprint density at radius 3 is 2.12 bits per heavy atom. The summed E-state index contributed by atoms with van der Waals surface area (Å²) in [7, 11) is -3.68. The number of aromatic nitrogens is 3. The van der Waals surface area contributed by atoms with Gasteiger partial charge in [0.25, 0.3) is 0 Å². The van der Waals surface area contributed by atoms with E-state index in [0.717, 1.165) is 17.8 Å². The van der Waals surface area contributed by atoms with Gasteiger partial charge in [0.2, 0.25) is 10.0 Å². The molecule has 1 aromatic heterocycles. The van der Waals surface area contributed by atoms with E-state index in [1.54, 1.807) is 23.0 Å². The molecule has 1 heterocycles. The molecule has 0 radical (unpaired) electrons. The van der Waals surface area contributed by atoms with E-state index in [0.29, 0.717) is 0 Å². The molecule has 6 nitrogen and oxygen atoms in total. The molecule has 0 fully saturated rings. The standard InChI is InChI=1S/C13H12N4O2S.C5H6.Ru/c14-20(18,19)12-7-5-11(6-8-12)17-13(9-15-16-17)10-3-1-2-4-10;1-2-4-5-3-1;/h1-10H,(H2,14,18,19);1-4H,5H2;/q;;+2. The van der Waals surface area contributed by atoms with Gasteiger partial charge in [0, 0.05) is 5.92 Å². The number of allylic oxidation sites excluding steroid dienone is 8. The first-order valence-corrected chi connectivity index (χ1v) is 9.31. The third-order valence-corrected chi connectivity index (χ3v) is 4.66. The SMILES string of the molecule is C1=CCC=C1.NS(=O)(=O)c1ccc(-n2nncc2C2C=CC=C2)cc1.[Ru+2]. The molecule has 0 amide bonds. The number of hydrogen-bond donors (Lipinski definition) is 1. The first-order chi connectivity index (χ1) is 12.1. The van der Waals surface area contributed by atoms with Crippen LogP contribution in [0.1, 0.15) is 18.0 Å². The Hall–Kier alpha value is -2.15. The fraction of sp³-hybridized carbons (Fsp3) is 0.111. The first kappa shape index (κ1) is 20.2. The fourth-order valence-electron chi connectivity index (χ4n) is 2.47. The van der Waals surface area contributed by atoms with Gasteiger partial charge in [-0.05, 0) is 30.7 Å². The van der Waals surface area contributed by atoms with Gasteiger partial charge in [-0.3, -0.25) is 0 Å². The van der Waals surface area contributed by atoms with Crippen LogP contribution in [0.15, 0.2) is 84.0 Å². The Bertz CT molecular complexity index is 935. The van der Waals surface area contributed by atoms with Gasteiger partial charge in [0.05, 0.1) is 22.5 Å². The number of benzene rings is 1. The van der Waals surface area contributed by atoms with Crippen LogP contribution in [0.5, 0.6) is 0 Å². The second kappa shape index (κ2) is 8.98. The van der Waals surface area contributed by atoms with Crippen LogP contribution in [0.2, 0.25) is 0 Å². The molecule has 0 unspecified atom stereocenters. The number of nitrogens with zero attached hydrogens (tertiary/aromatic N) is 3. The van der Waals surface area contributed by atoms with Gasteiger partial charge in [-0.1, -0.05) is 53.8 Å². The third-order valence-electron chi connectivity index (χ3n) is 3.73. The van der Waals surface area contributed by atoms with Crippen LogP contribution >= 0.6 is 0 Å². The summed E-state index contributed by atoms with van der Waals surface area (Å²) >= 11 is 0. The largest absolute Gasteiger partial charge is 2.00 e. The van der Waals surface area contributed by atoms with Crippen LogP contribution < -0.4 is 5.14 Å². The molecule has 0 saturated heterocycles. The summed E-state index contributed by atoms with van der Waals surface area (Å²) < 4.78 is 24.1. The molecule has 4 rings (SSSR count). The van der Waals surface area contributed by atoms with Crippen molar-refractivity contribution < 1.29 is 27.9 Å². The third kappa shape index (κ3) is 4.94. The summed E-state index contributed by atoms with van der Waals surface area (Å²) in [6, 6.07) is 6.22. The number of primary sulfonamides is 1. The second-order valence-electron chi connectivity index (χ2n) is 5.50. The van der Waals surface area contributed by atoms with Crippen LogP contribution in [0.25, 0.3) is 5.69 Å². The van der Waals surface area contributed by atoms with E-state index < -0.39 is 10.0 Å². The number of sulfonamides is 1. The zero-order valence-corrected chi connectivity index (χ0v) is 16.3. The molecular weight excluding hydrogens is 437 g/mol. The number of nitrogens with two attached hydrogens (primary N) is 1. The molecule has 0 bridgehead atoms. The average Bonchev–Trinajstić information content (AvgIpc) is 3.37. The monoisotopic (exact) mass is 456 g/mol. The Balaban J connectivity index is 0.000000351. The van der Waals surface area contributed by atoms with E-state index in [9.17, 15) is 8.42 Å². The maximum absolute atomic E-state index is 11.2. The summed E-state index contributed by atoms with van der Waals surface area (Å²) in [4.78, 5) is 0.0728. The zero-order chi connectivity index (χ0) is 17.7.